The van der Waals surface area contributed by atoms with Crippen LogP contribution in [0, 0.1) is 6.92 Å². The first-order valence-corrected chi connectivity index (χ1v) is 5.42. The van der Waals surface area contributed by atoms with E-state index in [-0.39, 0.29) is 0 Å². The molecule has 0 atom stereocenters. The van der Waals surface area contributed by atoms with Crippen LogP contribution in [0.25, 0.3) is 17.2 Å². The summed E-state index contributed by atoms with van der Waals surface area (Å²) in [5, 5.41) is 4.81. The van der Waals surface area contributed by atoms with E-state index in [1.54, 1.807) is 18.5 Å². The van der Waals surface area contributed by atoms with Crippen molar-refractivity contribution in [2.75, 3.05) is 0 Å². The lowest BCUT2D eigenvalue weighted by Gasteiger charge is -1.95. The van der Waals surface area contributed by atoms with Crippen molar-refractivity contribution < 1.29 is 0 Å². The lowest BCUT2D eigenvalue weighted by molar-refractivity contribution is 0.932. The van der Waals surface area contributed by atoms with Gasteiger partial charge in [-0.3, -0.25) is 4.98 Å². The third-order valence-electron chi connectivity index (χ3n) is 2.34. The molecule has 0 aliphatic carbocycles. The van der Waals surface area contributed by atoms with Gasteiger partial charge in [0.2, 0.25) is 0 Å². The first-order chi connectivity index (χ1) is 8.24. The SMILES string of the molecule is Cc1cc(Cl)n2nc(-c3ccncc3)nc2n1. The van der Waals surface area contributed by atoms with E-state index in [1.165, 1.54) is 4.52 Å². The largest absolute Gasteiger partial charge is 0.265 e. The summed E-state index contributed by atoms with van der Waals surface area (Å²) in [6, 6.07) is 5.44. The summed E-state index contributed by atoms with van der Waals surface area (Å²) in [6.07, 6.45) is 3.39. The van der Waals surface area contributed by atoms with Gasteiger partial charge >= 0.3 is 0 Å². The predicted octanol–water partition coefficient (Wildman–Crippen LogP) is 2.15. The van der Waals surface area contributed by atoms with E-state index in [0.717, 1.165) is 11.3 Å². The number of aryl methyl sites for hydroxylation is 1. The number of fused-ring (bicyclic) bond motifs is 1. The van der Waals surface area contributed by atoms with Crippen molar-refractivity contribution in [1.29, 1.82) is 0 Å². The molecule has 0 aliphatic heterocycles. The van der Waals surface area contributed by atoms with Gasteiger partial charge in [0.25, 0.3) is 5.78 Å². The van der Waals surface area contributed by atoms with E-state index in [2.05, 4.69) is 20.1 Å². The first kappa shape index (κ1) is 10.2. The van der Waals surface area contributed by atoms with Gasteiger partial charge in [-0.15, -0.1) is 5.10 Å². The van der Waals surface area contributed by atoms with Gasteiger partial charge in [-0.1, -0.05) is 11.6 Å². The lowest BCUT2D eigenvalue weighted by atomic mass is 10.3. The second kappa shape index (κ2) is 3.78. The van der Waals surface area contributed by atoms with Gasteiger partial charge in [0, 0.05) is 23.7 Å². The van der Waals surface area contributed by atoms with E-state index in [0.29, 0.717) is 16.8 Å². The maximum absolute atomic E-state index is 6.07. The van der Waals surface area contributed by atoms with Gasteiger partial charge < -0.3 is 0 Å². The molecule has 0 N–H and O–H groups in total. The Bertz CT molecular complexity index is 677. The van der Waals surface area contributed by atoms with Crippen molar-refractivity contribution >= 4 is 17.4 Å². The number of nitrogens with zero attached hydrogens (tertiary/aromatic N) is 5. The summed E-state index contributed by atoms with van der Waals surface area (Å²) in [6.45, 7) is 1.87. The molecular weight excluding hydrogens is 238 g/mol. The highest BCUT2D eigenvalue weighted by Gasteiger charge is 2.09. The minimum Gasteiger partial charge on any atom is -0.265 e. The molecule has 3 aromatic rings. The van der Waals surface area contributed by atoms with E-state index in [4.69, 9.17) is 11.6 Å². The fourth-order valence-electron chi connectivity index (χ4n) is 1.57. The molecule has 3 heterocycles. The second-order valence-electron chi connectivity index (χ2n) is 3.60. The minimum atomic E-state index is 0.500. The number of halogens is 1. The van der Waals surface area contributed by atoms with Crippen LogP contribution in [0.5, 0.6) is 0 Å². The van der Waals surface area contributed by atoms with E-state index >= 15 is 0 Å². The number of aromatic nitrogens is 5. The number of hydrogen-bond donors (Lipinski definition) is 0. The quantitative estimate of drug-likeness (QED) is 0.617. The van der Waals surface area contributed by atoms with Gasteiger partial charge in [0.15, 0.2) is 5.82 Å². The maximum Gasteiger partial charge on any atom is 0.254 e. The molecule has 84 valence electrons. The van der Waals surface area contributed by atoms with Crippen molar-refractivity contribution in [3.63, 3.8) is 0 Å². The third kappa shape index (κ3) is 1.74. The topological polar surface area (TPSA) is 56.0 Å². The predicted molar refractivity (Wildman–Crippen MR) is 63.8 cm³/mol. The van der Waals surface area contributed by atoms with E-state index < -0.39 is 0 Å². The van der Waals surface area contributed by atoms with Crippen LogP contribution in [0.2, 0.25) is 5.15 Å². The van der Waals surface area contributed by atoms with Crippen LogP contribution in [0.3, 0.4) is 0 Å². The lowest BCUT2D eigenvalue weighted by Crippen LogP contribution is -1.94. The zero-order valence-corrected chi connectivity index (χ0v) is 9.76. The standard InChI is InChI=1S/C11H8ClN5/c1-7-6-9(12)17-11(14-7)15-10(16-17)8-2-4-13-5-3-8/h2-6H,1H3. The van der Waals surface area contributed by atoms with Gasteiger partial charge in [0.05, 0.1) is 0 Å². The Labute approximate surface area is 102 Å². The zero-order valence-electron chi connectivity index (χ0n) is 9.00. The second-order valence-corrected chi connectivity index (χ2v) is 3.99. The molecular formula is C11H8ClN5. The van der Waals surface area contributed by atoms with Gasteiger partial charge in [-0.25, -0.2) is 4.98 Å². The van der Waals surface area contributed by atoms with Crippen LogP contribution in [0.1, 0.15) is 5.69 Å². The van der Waals surface area contributed by atoms with Crippen molar-refractivity contribution in [2.45, 2.75) is 6.92 Å². The molecule has 0 saturated heterocycles. The number of pyridine rings is 1. The number of rotatable bonds is 1. The van der Waals surface area contributed by atoms with Crippen molar-refractivity contribution in [1.82, 2.24) is 24.6 Å². The van der Waals surface area contributed by atoms with Crippen molar-refractivity contribution in [3.05, 3.63) is 41.4 Å². The van der Waals surface area contributed by atoms with E-state index in [1.807, 2.05) is 19.1 Å². The Morgan fingerprint density at radius 1 is 1.18 bits per heavy atom. The highest BCUT2D eigenvalue weighted by molar-refractivity contribution is 6.29. The summed E-state index contributed by atoms with van der Waals surface area (Å²) in [5.41, 5.74) is 1.70. The molecule has 0 aliphatic rings. The van der Waals surface area contributed by atoms with Gasteiger partial charge in [0.1, 0.15) is 5.15 Å². The summed E-state index contributed by atoms with van der Waals surface area (Å²) < 4.78 is 1.52. The Morgan fingerprint density at radius 2 is 1.94 bits per heavy atom. The highest BCUT2D eigenvalue weighted by atomic mass is 35.5. The normalized spacial score (nSPS) is 10.9. The highest BCUT2D eigenvalue weighted by Crippen LogP contribution is 2.17. The fraction of sp³-hybridized carbons (Fsp3) is 0.0909. The minimum absolute atomic E-state index is 0.500. The Hall–Kier alpha value is -2.01. The Morgan fingerprint density at radius 3 is 2.71 bits per heavy atom. The zero-order chi connectivity index (χ0) is 11.8. The molecule has 0 saturated carbocycles. The molecule has 6 heteroatoms. The van der Waals surface area contributed by atoms with Crippen LogP contribution in [0.15, 0.2) is 30.6 Å². The molecule has 0 fully saturated rings. The average Bonchev–Trinajstić information content (AvgIpc) is 2.74. The van der Waals surface area contributed by atoms with Crippen LogP contribution < -0.4 is 0 Å². The number of hydrogen-bond acceptors (Lipinski definition) is 4. The van der Waals surface area contributed by atoms with Gasteiger partial charge in [-0.2, -0.15) is 9.50 Å². The monoisotopic (exact) mass is 245 g/mol. The molecule has 0 bridgehead atoms. The molecule has 17 heavy (non-hydrogen) atoms. The Kier molecular flexibility index (Phi) is 2.26. The van der Waals surface area contributed by atoms with E-state index in [9.17, 15) is 0 Å². The smallest absolute Gasteiger partial charge is 0.254 e. The maximum atomic E-state index is 6.07. The fourth-order valence-corrected chi connectivity index (χ4v) is 1.84. The van der Waals surface area contributed by atoms with Crippen LogP contribution >= 0.6 is 11.6 Å². The summed E-state index contributed by atoms with van der Waals surface area (Å²) >= 11 is 6.07. The molecule has 3 rings (SSSR count). The molecule has 3 aromatic heterocycles. The van der Waals surface area contributed by atoms with Crippen LogP contribution in [0.4, 0.5) is 0 Å². The van der Waals surface area contributed by atoms with Crippen molar-refractivity contribution in [3.8, 4) is 11.4 Å². The van der Waals surface area contributed by atoms with Crippen molar-refractivity contribution in [2.24, 2.45) is 0 Å². The summed E-state index contributed by atoms with van der Waals surface area (Å²) in [7, 11) is 0. The molecule has 0 amide bonds. The van der Waals surface area contributed by atoms with Crippen LogP contribution in [-0.4, -0.2) is 24.6 Å². The molecule has 0 radical (unpaired) electrons. The first-order valence-electron chi connectivity index (χ1n) is 5.04. The molecule has 5 nitrogen and oxygen atoms in total. The molecule has 0 spiro atoms. The van der Waals surface area contributed by atoms with Gasteiger partial charge in [-0.05, 0) is 25.1 Å². The average molecular weight is 246 g/mol. The third-order valence-corrected chi connectivity index (χ3v) is 2.60. The summed E-state index contributed by atoms with van der Waals surface area (Å²) in [4.78, 5) is 12.6. The molecule has 0 unspecified atom stereocenters. The van der Waals surface area contributed by atoms with Crippen LogP contribution in [-0.2, 0) is 0 Å². The Balaban J connectivity index is 2.24. The molecule has 0 aromatic carbocycles. The summed E-state index contributed by atoms with van der Waals surface area (Å²) in [5.74, 6) is 1.09.